The van der Waals surface area contributed by atoms with Gasteiger partial charge < -0.3 is 18.3 Å². The molecule has 22 rings (SSSR count). The van der Waals surface area contributed by atoms with Crippen molar-refractivity contribution in [1.29, 1.82) is 0 Å². The Balaban J connectivity index is 0.773. The third-order valence-electron chi connectivity index (χ3n) is 22.2. The van der Waals surface area contributed by atoms with Crippen molar-refractivity contribution < 1.29 is 4.21 Å². The van der Waals surface area contributed by atoms with Crippen molar-refractivity contribution in [2.75, 3.05) is 0 Å². The smallest absolute Gasteiger partial charge is 0.0541 e. The van der Waals surface area contributed by atoms with E-state index in [1.165, 1.54) is 43.1 Å². The van der Waals surface area contributed by atoms with Crippen molar-refractivity contribution in [1.82, 2.24) is 18.3 Å². The minimum absolute atomic E-state index is 0.822. The average Bonchev–Trinajstić information content (AvgIpc) is 1.47. The molecule has 0 fully saturated rings. The number of nitrogens with zero attached hydrogens (tertiary/aromatic N) is 4. The van der Waals surface area contributed by atoms with E-state index in [9.17, 15) is 0 Å². The molecule has 0 aliphatic carbocycles. The van der Waals surface area contributed by atoms with E-state index in [0.29, 0.717) is 0 Å². The van der Waals surface area contributed by atoms with E-state index in [-0.39, 0.29) is 0 Å². The Bertz CT molecular complexity index is 6050. The van der Waals surface area contributed by atoms with Gasteiger partial charge in [-0.2, -0.15) is 0 Å². The van der Waals surface area contributed by atoms with Gasteiger partial charge in [0.15, 0.2) is 0 Å². The van der Waals surface area contributed by atoms with E-state index >= 15 is 4.21 Å². The molecule has 4 aromatic heterocycles. The Morgan fingerprint density at radius 2 is 0.343 bits per heavy atom. The van der Waals surface area contributed by atoms with E-state index in [0.717, 1.165) is 153 Å². The second-order valence-electron chi connectivity index (χ2n) is 27.5. The van der Waals surface area contributed by atoms with Crippen molar-refractivity contribution in [2.24, 2.45) is 0 Å². The number of rotatable bonds is 8. The van der Waals surface area contributed by atoms with Crippen LogP contribution < -0.4 is 0 Å². The van der Waals surface area contributed by atoms with E-state index < -0.39 is 9.07 Å². The Hall–Kier alpha value is -13.1. The number of hydrogen-bond acceptors (Lipinski definition) is 1. The maximum absolute atomic E-state index is 19.3. The maximum atomic E-state index is 19.3. The molecule has 476 valence electrons. The summed E-state index contributed by atoms with van der Waals surface area (Å²) in [6.07, 6.45) is 0. The van der Waals surface area contributed by atoms with Gasteiger partial charge >= 0.3 is 0 Å². The van der Waals surface area contributed by atoms with Gasteiger partial charge in [-0.1, -0.05) is 218 Å². The molecule has 0 saturated carbocycles. The maximum Gasteiger partial charge on any atom is 0.0541 e. The molecule has 102 heavy (non-hydrogen) atoms. The fourth-order valence-electron chi connectivity index (χ4n) is 17.9. The molecule has 2 aliphatic heterocycles. The van der Waals surface area contributed by atoms with Gasteiger partial charge in [0.2, 0.25) is 0 Å². The van der Waals surface area contributed by atoms with Crippen LogP contribution in [0.15, 0.2) is 384 Å². The van der Waals surface area contributed by atoms with Crippen molar-refractivity contribution >= 4 is 96.3 Å². The monoisotopic (exact) mass is 1320 g/mol. The number of para-hydroxylation sites is 8. The molecule has 0 radical (unpaired) electrons. The Morgan fingerprint density at radius 3 is 0.539 bits per heavy atom. The lowest BCUT2D eigenvalue weighted by Crippen LogP contribution is -2.30. The molecule has 0 atom stereocenters. The van der Waals surface area contributed by atoms with Crippen LogP contribution in [0.3, 0.4) is 0 Å². The lowest BCUT2D eigenvalue weighted by Gasteiger charge is -2.39. The van der Waals surface area contributed by atoms with Gasteiger partial charge in [-0.15, -0.1) is 0 Å². The molecule has 2 aliphatic rings. The highest BCUT2D eigenvalue weighted by molar-refractivity contribution is 8.21. The van der Waals surface area contributed by atoms with Gasteiger partial charge in [-0.3, -0.25) is 4.21 Å². The predicted octanol–water partition coefficient (Wildman–Crippen LogP) is 25.1. The summed E-state index contributed by atoms with van der Waals surface area (Å²) in [6.45, 7) is 0. The molecule has 0 saturated heterocycles. The van der Waals surface area contributed by atoms with Crippen molar-refractivity contribution in [3.63, 3.8) is 0 Å². The highest BCUT2D eigenvalue weighted by Gasteiger charge is 2.58. The fraction of sp³-hybridized carbons (Fsp3) is 0. The zero-order chi connectivity index (χ0) is 67.0. The summed E-state index contributed by atoms with van der Waals surface area (Å²) >= 11 is 0. The molecule has 0 bridgehead atoms. The van der Waals surface area contributed by atoms with Crippen LogP contribution in [0.1, 0.15) is 0 Å². The summed E-state index contributed by atoms with van der Waals surface area (Å²) in [5, 5.41) is 9.75. The van der Waals surface area contributed by atoms with Crippen molar-refractivity contribution in [3.05, 3.63) is 364 Å². The summed E-state index contributed by atoms with van der Waals surface area (Å²) in [7, 11) is -4.52. The predicted molar refractivity (Wildman–Crippen MR) is 424 cm³/mol. The van der Waals surface area contributed by atoms with Crippen LogP contribution in [-0.4, -0.2) is 22.5 Å². The summed E-state index contributed by atoms with van der Waals surface area (Å²) in [5.74, 6) is 0. The zero-order valence-electron chi connectivity index (χ0n) is 55.2. The zero-order valence-corrected chi connectivity index (χ0v) is 56.1. The van der Waals surface area contributed by atoms with Crippen LogP contribution in [0.2, 0.25) is 0 Å². The first kappa shape index (κ1) is 56.8. The molecule has 5 nitrogen and oxygen atoms in total. The Labute approximate surface area is 587 Å². The van der Waals surface area contributed by atoms with Crippen LogP contribution in [0, 0.1) is 0 Å². The van der Waals surface area contributed by atoms with Crippen LogP contribution in [0.4, 0.5) is 0 Å². The Kier molecular flexibility index (Phi) is 11.8. The lowest BCUT2D eigenvalue weighted by atomic mass is 9.96. The van der Waals surface area contributed by atoms with Crippen molar-refractivity contribution in [2.45, 2.75) is 19.6 Å². The summed E-state index contributed by atoms with van der Waals surface area (Å²) in [5.41, 5.74) is 25.9. The number of benzene rings is 16. The highest BCUT2D eigenvalue weighted by Crippen LogP contribution is 2.72. The van der Waals surface area contributed by atoms with Crippen LogP contribution in [0.5, 0.6) is 0 Å². The molecule has 0 amide bonds. The van der Waals surface area contributed by atoms with E-state index in [4.69, 9.17) is 0 Å². The molecule has 0 unspecified atom stereocenters. The first-order chi connectivity index (χ1) is 50.4. The first-order valence-corrected chi connectivity index (χ1v) is 37.0. The number of aromatic nitrogens is 4. The molecule has 16 aromatic carbocycles. The van der Waals surface area contributed by atoms with E-state index in [1.54, 1.807) is 0 Å². The fourth-order valence-corrected chi connectivity index (χ4v) is 22.9. The van der Waals surface area contributed by atoms with Crippen molar-refractivity contribution in [3.8, 4) is 89.5 Å². The number of hydrogen-bond donors (Lipinski definition) is 0. The van der Waals surface area contributed by atoms with Gasteiger partial charge in [0.1, 0.15) is 0 Å². The van der Waals surface area contributed by atoms with Gasteiger partial charge in [-0.25, -0.2) is 0 Å². The van der Waals surface area contributed by atoms with Crippen LogP contribution in [0.25, 0.3) is 177 Å². The molecule has 6 heteroatoms. The third kappa shape index (κ3) is 7.78. The van der Waals surface area contributed by atoms with Gasteiger partial charge in [0, 0.05) is 94.5 Å². The minimum atomic E-state index is -4.52. The Morgan fingerprint density at radius 1 is 0.167 bits per heavy atom. The van der Waals surface area contributed by atoms with Crippen LogP contribution in [-0.2, 0) is 9.07 Å². The number of fused-ring (bicyclic) bond motifs is 22. The topological polar surface area (TPSA) is 36.8 Å². The second kappa shape index (κ2) is 21.2. The molecular weight excluding hydrogens is 1260 g/mol. The SMILES string of the molecule is O=S12(c3ccc(-c4cccc(-n5c6ccccc6c6ccccc65)c4)cc3-c3cc(-c4cccc(-n5c6ccccc6c6ccccc65)c4)ccc31)c1ccc(-c3cccc(-n4c5ccccc5c5ccccc54)c3)cc1-c1cc(-c3cccc(-n4c5ccccc5c5ccccc54)c3)ccc12. The summed E-state index contributed by atoms with van der Waals surface area (Å²) < 4.78 is 28.8. The molecule has 0 N–H and O–H groups in total. The highest BCUT2D eigenvalue weighted by atomic mass is 32.3. The largest absolute Gasteiger partial charge is 0.309 e. The van der Waals surface area contributed by atoms with E-state index in [1.807, 2.05) is 0 Å². The molecular formula is C96H60N4OS. The summed E-state index contributed by atoms with van der Waals surface area (Å²) in [4.78, 5) is 3.29. The second-order valence-corrected chi connectivity index (χ2v) is 31.1. The van der Waals surface area contributed by atoms with Gasteiger partial charge in [0.05, 0.1) is 44.1 Å². The van der Waals surface area contributed by atoms with Crippen LogP contribution >= 0.6 is 0 Å². The molecule has 6 heterocycles. The molecule has 1 spiro atoms. The third-order valence-corrected chi connectivity index (χ3v) is 27.0. The standard InChI is InChI=1S/C96H60N4OS/c101-102(93-49-45-65(61-21-17-25-69(53-61)97-85-37-9-1-29-73(85)74-30-2-10-38-86(74)97)57-81(93)82-58-66(46-50-94(82)102)62-22-18-26-70(54-62)98-87-39-11-3-31-75(87)76-32-4-12-40-88(76)98)95-51-47-67(63-23-19-27-71(55-63)99-89-41-13-5-33-77(89)78-34-6-14-42-90(78)99)59-83(95)84-60-68(48-52-96(84)102)64-24-20-28-72(56-64)100-91-43-15-7-35-79(91)80-36-8-16-44-92(80)100/h1-60H. The van der Waals surface area contributed by atoms with Gasteiger partial charge in [-0.05, 0) is 212 Å². The minimum Gasteiger partial charge on any atom is -0.309 e. The quantitative estimate of drug-likeness (QED) is 0.149. The normalized spacial score (nSPS) is 13.7. The van der Waals surface area contributed by atoms with Gasteiger partial charge in [0.25, 0.3) is 0 Å². The van der Waals surface area contributed by atoms with E-state index in [2.05, 4.69) is 382 Å². The average molecular weight is 1320 g/mol. The summed E-state index contributed by atoms with van der Waals surface area (Å²) in [6, 6.07) is 133. The molecule has 20 aromatic rings. The first-order valence-electron chi connectivity index (χ1n) is 35.0. The lowest BCUT2D eigenvalue weighted by molar-refractivity contribution is 0.658.